The van der Waals surface area contributed by atoms with Crippen LogP contribution in [-0.2, 0) is 0 Å². The maximum absolute atomic E-state index is 11.7. The number of pyridine rings is 1. The van der Waals surface area contributed by atoms with Crippen LogP contribution < -0.4 is 5.32 Å². The molecule has 0 aliphatic heterocycles. The van der Waals surface area contributed by atoms with Gasteiger partial charge >= 0.3 is 0 Å². The normalized spacial score (nSPS) is 12.1. The molecule has 4 nitrogen and oxygen atoms in total. The predicted octanol–water partition coefficient (Wildman–Crippen LogP) is 2.17. The molecule has 2 aromatic rings. The Hall–Kier alpha value is -2.10. The molecule has 0 saturated heterocycles. The highest BCUT2D eigenvalue weighted by Crippen LogP contribution is 2.11. The predicted molar refractivity (Wildman–Crippen MR) is 58.8 cm³/mol. The third-order valence-corrected chi connectivity index (χ3v) is 2.28. The van der Waals surface area contributed by atoms with Gasteiger partial charge in [-0.3, -0.25) is 9.78 Å². The summed E-state index contributed by atoms with van der Waals surface area (Å²) in [6.45, 7) is 1.90. The van der Waals surface area contributed by atoms with Gasteiger partial charge in [-0.15, -0.1) is 0 Å². The highest BCUT2D eigenvalue weighted by atomic mass is 16.3. The molecule has 2 aromatic heterocycles. The van der Waals surface area contributed by atoms with Crippen molar-refractivity contribution in [2.75, 3.05) is 0 Å². The molecule has 1 atom stereocenters. The van der Waals surface area contributed by atoms with Crippen molar-refractivity contribution in [3.05, 3.63) is 54.2 Å². The second-order valence-electron chi connectivity index (χ2n) is 3.46. The highest BCUT2D eigenvalue weighted by Gasteiger charge is 2.12. The zero-order valence-electron chi connectivity index (χ0n) is 8.88. The largest absolute Gasteiger partial charge is 0.459 e. The molecular formula is C12H12N2O2. The summed E-state index contributed by atoms with van der Waals surface area (Å²) in [6.07, 6.45) is 4.90. The van der Waals surface area contributed by atoms with Gasteiger partial charge in [0.2, 0.25) is 0 Å². The van der Waals surface area contributed by atoms with E-state index < -0.39 is 0 Å². The number of furan rings is 1. The first-order chi connectivity index (χ1) is 7.77. The molecule has 0 radical (unpaired) electrons. The van der Waals surface area contributed by atoms with E-state index in [4.69, 9.17) is 4.42 Å². The van der Waals surface area contributed by atoms with Gasteiger partial charge in [-0.05, 0) is 30.7 Å². The molecule has 0 aliphatic rings. The van der Waals surface area contributed by atoms with Crippen molar-refractivity contribution in [3.8, 4) is 0 Å². The Bertz CT molecular complexity index is 451. The molecule has 0 bridgehead atoms. The van der Waals surface area contributed by atoms with Crippen LogP contribution in [0.5, 0.6) is 0 Å². The molecule has 2 heterocycles. The monoisotopic (exact) mass is 216 g/mol. The molecule has 0 spiro atoms. The van der Waals surface area contributed by atoms with Crippen molar-refractivity contribution in [1.29, 1.82) is 0 Å². The molecule has 2 rings (SSSR count). The van der Waals surface area contributed by atoms with E-state index in [1.807, 2.05) is 19.1 Å². The van der Waals surface area contributed by atoms with Gasteiger partial charge in [0.15, 0.2) is 5.76 Å². The highest BCUT2D eigenvalue weighted by molar-refractivity contribution is 5.91. The molecule has 0 saturated carbocycles. The van der Waals surface area contributed by atoms with Crippen molar-refractivity contribution in [3.63, 3.8) is 0 Å². The molecule has 0 fully saturated rings. The number of aromatic nitrogens is 1. The van der Waals surface area contributed by atoms with Gasteiger partial charge in [0.1, 0.15) is 0 Å². The van der Waals surface area contributed by atoms with Crippen LogP contribution in [0.3, 0.4) is 0 Å². The van der Waals surface area contributed by atoms with Gasteiger partial charge in [-0.1, -0.05) is 6.07 Å². The van der Waals surface area contributed by atoms with Crippen LogP contribution in [-0.4, -0.2) is 10.9 Å². The van der Waals surface area contributed by atoms with Crippen LogP contribution in [0.4, 0.5) is 0 Å². The quantitative estimate of drug-likeness (QED) is 0.855. The van der Waals surface area contributed by atoms with E-state index >= 15 is 0 Å². The first-order valence-corrected chi connectivity index (χ1v) is 5.01. The van der Waals surface area contributed by atoms with E-state index in [1.165, 1.54) is 6.26 Å². The summed E-state index contributed by atoms with van der Waals surface area (Å²) in [5.41, 5.74) is 0.961. The minimum Gasteiger partial charge on any atom is -0.459 e. The summed E-state index contributed by atoms with van der Waals surface area (Å²) in [7, 11) is 0. The summed E-state index contributed by atoms with van der Waals surface area (Å²) in [5, 5.41) is 2.83. The second-order valence-corrected chi connectivity index (χ2v) is 3.46. The van der Waals surface area contributed by atoms with E-state index in [1.54, 1.807) is 24.5 Å². The lowest BCUT2D eigenvalue weighted by atomic mass is 10.1. The van der Waals surface area contributed by atoms with Crippen LogP contribution in [0.2, 0.25) is 0 Å². The van der Waals surface area contributed by atoms with Gasteiger partial charge in [-0.2, -0.15) is 0 Å². The number of carbonyl (C=O) groups is 1. The van der Waals surface area contributed by atoms with E-state index in [2.05, 4.69) is 10.3 Å². The van der Waals surface area contributed by atoms with Gasteiger partial charge in [0.05, 0.1) is 12.3 Å². The smallest absolute Gasteiger partial charge is 0.287 e. The molecule has 4 heteroatoms. The lowest BCUT2D eigenvalue weighted by Gasteiger charge is -2.12. The van der Waals surface area contributed by atoms with Crippen molar-refractivity contribution in [1.82, 2.24) is 10.3 Å². The molecule has 82 valence electrons. The van der Waals surface area contributed by atoms with E-state index in [-0.39, 0.29) is 11.9 Å². The Kier molecular flexibility index (Phi) is 3.00. The van der Waals surface area contributed by atoms with Crippen LogP contribution in [0.25, 0.3) is 0 Å². The Morgan fingerprint density at radius 2 is 2.31 bits per heavy atom. The van der Waals surface area contributed by atoms with E-state index in [9.17, 15) is 4.79 Å². The standard InChI is InChI=1S/C12H12N2O2/c1-9(10-4-2-6-13-8-10)14-12(15)11-5-3-7-16-11/h2-9H,1H3,(H,14,15)/t9-/m0/s1. The Balaban J connectivity index is 2.03. The van der Waals surface area contributed by atoms with Gasteiger partial charge in [0.25, 0.3) is 5.91 Å². The SMILES string of the molecule is C[C@H](NC(=O)c1ccco1)c1cccnc1. The number of carbonyl (C=O) groups excluding carboxylic acids is 1. The Labute approximate surface area is 93.3 Å². The molecular weight excluding hydrogens is 204 g/mol. The fourth-order valence-electron chi connectivity index (χ4n) is 1.39. The van der Waals surface area contributed by atoms with Gasteiger partial charge in [-0.25, -0.2) is 0 Å². The average Bonchev–Trinajstić information content (AvgIpc) is 2.83. The fourth-order valence-corrected chi connectivity index (χ4v) is 1.39. The van der Waals surface area contributed by atoms with Crippen molar-refractivity contribution in [2.45, 2.75) is 13.0 Å². The summed E-state index contributed by atoms with van der Waals surface area (Å²) < 4.78 is 5.00. The van der Waals surface area contributed by atoms with Crippen molar-refractivity contribution in [2.24, 2.45) is 0 Å². The summed E-state index contributed by atoms with van der Waals surface area (Å²) >= 11 is 0. The van der Waals surface area contributed by atoms with Crippen LogP contribution in [0, 0.1) is 0 Å². The summed E-state index contributed by atoms with van der Waals surface area (Å²) in [4.78, 5) is 15.7. The number of rotatable bonds is 3. The maximum Gasteiger partial charge on any atom is 0.287 e. The average molecular weight is 216 g/mol. The van der Waals surface area contributed by atoms with Gasteiger partial charge < -0.3 is 9.73 Å². The van der Waals surface area contributed by atoms with Crippen LogP contribution in [0.15, 0.2) is 47.3 Å². The topological polar surface area (TPSA) is 55.1 Å². The first-order valence-electron chi connectivity index (χ1n) is 5.01. The minimum atomic E-state index is -0.221. The lowest BCUT2D eigenvalue weighted by Crippen LogP contribution is -2.26. The van der Waals surface area contributed by atoms with Crippen molar-refractivity contribution < 1.29 is 9.21 Å². The van der Waals surface area contributed by atoms with Crippen molar-refractivity contribution >= 4 is 5.91 Å². The number of hydrogen-bond acceptors (Lipinski definition) is 3. The Morgan fingerprint density at radius 3 is 2.94 bits per heavy atom. The zero-order chi connectivity index (χ0) is 11.4. The zero-order valence-corrected chi connectivity index (χ0v) is 8.88. The van der Waals surface area contributed by atoms with E-state index in [0.29, 0.717) is 5.76 Å². The molecule has 0 unspecified atom stereocenters. The lowest BCUT2D eigenvalue weighted by molar-refractivity contribution is 0.0912. The molecule has 0 aliphatic carbocycles. The number of amides is 1. The first kappa shape index (κ1) is 10.4. The number of nitrogens with one attached hydrogen (secondary N) is 1. The summed E-state index contributed by atoms with van der Waals surface area (Å²) in [5.74, 6) is 0.0945. The third kappa shape index (κ3) is 2.28. The molecule has 16 heavy (non-hydrogen) atoms. The molecule has 0 aromatic carbocycles. The van der Waals surface area contributed by atoms with Gasteiger partial charge in [0, 0.05) is 12.4 Å². The second kappa shape index (κ2) is 4.61. The number of hydrogen-bond donors (Lipinski definition) is 1. The Morgan fingerprint density at radius 1 is 1.44 bits per heavy atom. The minimum absolute atomic E-state index is 0.0914. The molecule has 1 N–H and O–H groups in total. The van der Waals surface area contributed by atoms with Crippen LogP contribution in [0.1, 0.15) is 29.1 Å². The van der Waals surface area contributed by atoms with Crippen LogP contribution >= 0.6 is 0 Å². The maximum atomic E-state index is 11.7. The molecule has 1 amide bonds. The fraction of sp³-hybridized carbons (Fsp3) is 0.167. The third-order valence-electron chi connectivity index (χ3n) is 2.28. The summed E-state index contributed by atoms with van der Waals surface area (Å²) in [6, 6.07) is 6.98. The number of nitrogens with zero attached hydrogens (tertiary/aromatic N) is 1. The van der Waals surface area contributed by atoms with E-state index in [0.717, 1.165) is 5.56 Å².